The lowest BCUT2D eigenvalue weighted by molar-refractivity contribution is -0.141. The lowest BCUT2D eigenvalue weighted by Crippen LogP contribution is -2.47. The molecule has 1 unspecified atom stereocenters. The number of rotatable bonds is 5. The lowest BCUT2D eigenvalue weighted by atomic mass is 9.84. The summed E-state index contributed by atoms with van der Waals surface area (Å²) in [7, 11) is 1.33. The van der Waals surface area contributed by atoms with Crippen molar-refractivity contribution in [3.63, 3.8) is 0 Å². The van der Waals surface area contributed by atoms with Crippen LogP contribution in [0.5, 0.6) is 0 Å². The van der Waals surface area contributed by atoms with Crippen LogP contribution in [0.25, 0.3) is 0 Å². The summed E-state index contributed by atoms with van der Waals surface area (Å²) >= 11 is 0. The molecule has 1 aliphatic carbocycles. The van der Waals surface area contributed by atoms with Crippen LogP contribution in [-0.2, 0) is 9.63 Å². The predicted octanol–water partition coefficient (Wildman–Crippen LogP) is 0.323. The summed E-state index contributed by atoms with van der Waals surface area (Å²) in [5.74, 6) is -0.0143. The molecule has 1 saturated carbocycles. The van der Waals surface area contributed by atoms with Gasteiger partial charge in [-0.05, 0) is 12.3 Å². The first kappa shape index (κ1) is 13.4. The molecule has 0 spiro atoms. The number of aliphatic hydroxyl groups is 1. The van der Waals surface area contributed by atoms with Crippen molar-refractivity contribution in [2.45, 2.75) is 50.7 Å². The van der Waals surface area contributed by atoms with Gasteiger partial charge in [-0.25, -0.2) is 5.48 Å². The molecule has 0 aromatic heterocycles. The van der Waals surface area contributed by atoms with Crippen LogP contribution in [0.15, 0.2) is 0 Å². The van der Waals surface area contributed by atoms with E-state index in [0.29, 0.717) is 12.3 Å². The van der Waals surface area contributed by atoms with Crippen LogP contribution >= 0.6 is 0 Å². The molecule has 16 heavy (non-hydrogen) atoms. The monoisotopic (exact) mass is 230 g/mol. The normalized spacial score (nSPS) is 21.4. The molecule has 0 aromatic carbocycles. The van der Waals surface area contributed by atoms with Crippen LogP contribution in [0, 0.1) is 5.92 Å². The van der Waals surface area contributed by atoms with Crippen molar-refractivity contribution in [2.75, 3.05) is 7.11 Å². The maximum atomic E-state index is 11.3. The Balaban J connectivity index is 2.32. The van der Waals surface area contributed by atoms with Gasteiger partial charge in [0, 0.05) is 6.04 Å². The first-order valence-electron chi connectivity index (χ1n) is 5.91. The lowest BCUT2D eigenvalue weighted by Gasteiger charge is -2.26. The summed E-state index contributed by atoms with van der Waals surface area (Å²) in [6.45, 7) is 0. The summed E-state index contributed by atoms with van der Waals surface area (Å²) < 4.78 is 0. The van der Waals surface area contributed by atoms with E-state index in [4.69, 9.17) is 5.73 Å². The van der Waals surface area contributed by atoms with Crippen LogP contribution < -0.4 is 11.2 Å². The van der Waals surface area contributed by atoms with E-state index in [1.807, 2.05) is 0 Å². The molecule has 1 fully saturated rings. The number of aliphatic hydroxyl groups excluding tert-OH is 1. The number of nitrogens with one attached hydrogen (secondary N) is 1. The highest BCUT2D eigenvalue weighted by atomic mass is 16.6. The van der Waals surface area contributed by atoms with Gasteiger partial charge in [-0.15, -0.1) is 0 Å². The van der Waals surface area contributed by atoms with Gasteiger partial charge in [0.2, 0.25) is 0 Å². The van der Waals surface area contributed by atoms with E-state index in [9.17, 15) is 9.90 Å². The van der Waals surface area contributed by atoms with Crippen LogP contribution in [0.1, 0.15) is 38.5 Å². The zero-order chi connectivity index (χ0) is 12.0. The fourth-order valence-electron chi connectivity index (χ4n) is 2.29. The second-order valence-corrected chi connectivity index (χ2v) is 4.52. The van der Waals surface area contributed by atoms with Crippen molar-refractivity contribution in [2.24, 2.45) is 11.7 Å². The Morgan fingerprint density at radius 2 is 2.12 bits per heavy atom. The van der Waals surface area contributed by atoms with E-state index in [-0.39, 0.29) is 0 Å². The molecule has 0 aromatic rings. The number of carbonyl (C=O) groups is 1. The Hall–Kier alpha value is -0.650. The Kier molecular flexibility index (Phi) is 5.73. The van der Waals surface area contributed by atoms with Gasteiger partial charge < -0.3 is 10.8 Å². The summed E-state index contributed by atoms with van der Waals surface area (Å²) in [6, 6.07) is -0.502. The molecule has 0 aliphatic heterocycles. The highest BCUT2D eigenvalue weighted by Gasteiger charge is 2.26. The Labute approximate surface area is 96.3 Å². The zero-order valence-electron chi connectivity index (χ0n) is 9.82. The van der Waals surface area contributed by atoms with Crippen molar-refractivity contribution >= 4 is 5.91 Å². The van der Waals surface area contributed by atoms with Gasteiger partial charge >= 0.3 is 0 Å². The third kappa shape index (κ3) is 4.08. The first-order chi connectivity index (χ1) is 7.65. The van der Waals surface area contributed by atoms with Crippen LogP contribution in [-0.4, -0.2) is 30.3 Å². The number of hydrogen-bond acceptors (Lipinski definition) is 4. The maximum Gasteiger partial charge on any atom is 0.273 e. The van der Waals surface area contributed by atoms with Crippen LogP contribution in [0.2, 0.25) is 0 Å². The van der Waals surface area contributed by atoms with E-state index >= 15 is 0 Å². The van der Waals surface area contributed by atoms with Gasteiger partial charge in [0.05, 0.1) is 7.11 Å². The summed E-state index contributed by atoms with van der Waals surface area (Å²) in [4.78, 5) is 15.7. The molecule has 5 nitrogen and oxygen atoms in total. The maximum absolute atomic E-state index is 11.3. The van der Waals surface area contributed by atoms with E-state index in [1.54, 1.807) is 0 Å². The molecule has 4 N–H and O–H groups in total. The molecule has 94 valence electrons. The SMILES string of the molecule is CONC(=O)C(O)[C@H](N)CC1CCCCC1. The molecule has 0 bridgehead atoms. The quantitative estimate of drug-likeness (QED) is 0.594. The summed E-state index contributed by atoms with van der Waals surface area (Å²) in [5, 5.41) is 9.63. The van der Waals surface area contributed by atoms with E-state index in [2.05, 4.69) is 10.3 Å². The van der Waals surface area contributed by atoms with Crippen LogP contribution in [0.4, 0.5) is 0 Å². The molecule has 1 aliphatic rings. The van der Waals surface area contributed by atoms with Gasteiger partial charge in [0.15, 0.2) is 0 Å². The molecule has 0 saturated heterocycles. The molecule has 2 atom stereocenters. The number of hydroxylamine groups is 1. The fraction of sp³-hybridized carbons (Fsp3) is 0.909. The minimum Gasteiger partial charge on any atom is -0.382 e. The second-order valence-electron chi connectivity index (χ2n) is 4.52. The fourth-order valence-corrected chi connectivity index (χ4v) is 2.29. The molecule has 1 amide bonds. The van der Waals surface area contributed by atoms with Crippen molar-refractivity contribution in [1.29, 1.82) is 0 Å². The zero-order valence-corrected chi connectivity index (χ0v) is 9.82. The predicted molar refractivity (Wildman–Crippen MR) is 60.3 cm³/mol. The first-order valence-corrected chi connectivity index (χ1v) is 5.91. The molecule has 0 radical (unpaired) electrons. The van der Waals surface area contributed by atoms with Crippen LogP contribution in [0.3, 0.4) is 0 Å². The van der Waals surface area contributed by atoms with Gasteiger partial charge in [-0.1, -0.05) is 32.1 Å². The van der Waals surface area contributed by atoms with Crippen molar-refractivity contribution < 1.29 is 14.7 Å². The Morgan fingerprint density at radius 3 is 2.69 bits per heavy atom. The number of hydrogen-bond donors (Lipinski definition) is 3. The second kappa shape index (κ2) is 6.83. The van der Waals surface area contributed by atoms with Crippen molar-refractivity contribution in [3.05, 3.63) is 0 Å². The Bertz CT molecular complexity index is 217. The minimum absolute atomic E-state index is 0.502. The third-order valence-electron chi connectivity index (χ3n) is 3.21. The number of nitrogens with two attached hydrogens (primary N) is 1. The van der Waals surface area contributed by atoms with Gasteiger partial charge in [0.25, 0.3) is 5.91 Å². The summed E-state index contributed by atoms with van der Waals surface area (Å²) in [5.41, 5.74) is 7.91. The molecule has 1 rings (SSSR count). The molecular formula is C11H22N2O3. The highest BCUT2D eigenvalue weighted by molar-refractivity contribution is 5.80. The summed E-state index contributed by atoms with van der Waals surface area (Å²) in [6.07, 6.45) is 5.60. The van der Waals surface area contributed by atoms with Gasteiger partial charge in [0.1, 0.15) is 6.10 Å². The highest BCUT2D eigenvalue weighted by Crippen LogP contribution is 2.27. The molecule has 0 heterocycles. The average molecular weight is 230 g/mol. The van der Waals surface area contributed by atoms with E-state index < -0.39 is 18.1 Å². The third-order valence-corrected chi connectivity index (χ3v) is 3.21. The average Bonchev–Trinajstić information content (AvgIpc) is 2.29. The van der Waals surface area contributed by atoms with Crippen molar-refractivity contribution in [3.8, 4) is 0 Å². The van der Waals surface area contributed by atoms with E-state index in [0.717, 1.165) is 12.8 Å². The number of amides is 1. The molecular weight excluding hydrogens is 208 g/mol. The number of carbonyl (C=O) groups excluding carboxylic acids is 1. The van der Waals surface area contributed by atoms with Gasteiger partial charge in [-0.3, -0.25) is 9.63 Å². The van der Waals surface area contributed by atoms with E-state index in [1.165, 1.54) is 26.4 Å². The Morgan fingerprint density at radius 1 is 1.50 bits per heavy atom. The van der Waals surface area contributed by atoms with Crippen molar-refractivity contribution in [1.82, 2.24) is 5.48 Å². The minimum atomic E-state index is -1.18. The topological polar surface area (TPSA) is 84.6 Å². The van der Waals surface area contributed by atoms with Gasteiger partial charge in [-0.2, -0.15) is 0 Å². The smallest absolute Gasteiger partial charge is 0.273 e. The molecule has 5 heteroatoms. The largest absolute Gasteiger partial charge is 0.382 e. The standard InChI is InChI=1S/C11H22N2O3/c1-16-13-11(15)10(14)9(12)7-8-5-3-2-4-6-8/h8-10,14H,2-7,12H2,1H3,(H,13,15)/t9-,10?/m1/s1.